The summed E-state index contributed by atoms with van der Waals surface area (Å²) in [5.74, 6) is -0.526. The Morgan fingerprint density at radius 2 is 1.83 bits per heavy atom. The fourth-order valence-electron chi connectivity index (χ4n) is 1.77. The van der Waals surface area contributed by atoms with Crippen molar-refractivity contribution in [2.24, 2.45) is 5.92 Å². The Kier molecular flexibility index (Phi) is 3.50. The maximum absolute atomic E-state index is 12.1. The van der Waals surface area contributed by atoms with Crippen LogP contribution in [0.1, 0.15) is 13.8 Å². The lowest BCUT2D eigenvalue weighted by molar-refractivity contribution is -0.122. The van der Waals surface area contributed by atoms with E-state index in [-0.39, 0.29) is 17.9 Å². The second-order valence-electron chi connectivity index (χ2n) is 4.30. The van der Waals surface area contributed by atoms with Crippen LogP contribution in [0.3, 0.4) is 0 Å². The SMILES string of the molecule is CC1NC(=O)N(c2ccc(Cl)c(Cl)c2)C(=O)C1C. The summed E-state index contributed by atoms with van der Waals surface area (Å²) < 4.78 is 0. The van der Waals surface area contributed by atoms with Crippen molar-refractivity contribution in [1.29, 1.82) is 0 Å². The average molecular weight is 287 g/mol. The Balaban J connectivity index is 2.39. The van der Waals surface area contributed by atoms with Gasteiger partial charge in [0.25, 0.3) is 0 Å². The van der Waals surface area contributed by atoms with Crippen LogP contribution < -0.4 is 10.2 Å². The van der Waals surface area contributed by atoms with Crippen LogP contribution >= 0.6 is 23.2 Å². The van der Waals surface area contributed by atoms with Crippen LogP contribution in [0, 0.1) is 5.92 Å². The van der Waals surface area contributed by atoms with Crippen molar-refractivity contribution in [3.63, 3.8) is 0 Å². The third kappa shape index (κ3) is 2.18. The first-order valence-corrected chi connectivity index (χ1v) is 6.27. The van der Waals surface area contributed by atoms with E-state index in [1.54, 1.807) is 26.0 Å². The van der Waals surface area contributed by atoms with Gasteiger partial charge in [-0.15, -0.1) is 0 Å². The minimum Gasteiger partial charge on any atom is -0.334 e. The number of nitrogens with one attached hydrogen (secondary N) is 1. The Bertz CT molecular complexity index is 519. The largest absolute Gasteiger partial charge is 0.334 e. The lowest BCUT2D eigenvalue weighted by Crippen LogP contribution is -2.58. The van der Waals surface area contributed by atoms with E-state index < -0.39 is 6.03 Å². The Hall–Kier alpha value is -1.26. The summed E-state index contributed by atoms with van der Waals surface area (Å²) in [4.78, 5) is 25.1. The molecular weight excluding hydrogens is 275 g/mol. The van der Waals surface area contributed by atoms with Gasteiger partial charge in [-0.3, -0.25) is 4.79 Å². The van der Waals surface area contributed by atoms with E-state index in [2.05, 4.69) is 5.32 Å². The van der Waals surface area contributed by atoms with Gasteiger partial charge in [-0.1, -0.05) is 30.1 Å². The van der Waals surface area contributed by atoms with E-state index in [0.717, 1.165) is 4.90 Å². The predicted molar refractivity (Wildman–Crippen MR) is 71.1 cm³/mol. The molecule has 2 unspecified atom stereocenters. The molecule has 1 aliphatic rings. The molecule has 0 spiro atoms. The Morgan fingerprint density at radius 3 is 2.44 bits per heavy atom. The molecule has 0 aromatic heterocycles. The Morgan fingerprint density at radius 1 is 1.17 bits per heavy atom. The minimum absolute atomic E-state index is 0.177. The number of carbonyl (C=O) groups is 2. The number of benzene rings is 1. The van der Waals surface area contributed by atoms with Crippen LogP contribution in [-0.4, -0.2) is 18.0 Å². The number of imide groups is 1. The van der Waals surface area contributed by atoms with E-state index in [0.29, 0.717) is 15.7 Å². The van der Waals surface area contributed by atoms with Crippen molar-refractivity contribution in [3.05, 3.63) is 28.2 Å². The van der Waals surface area contributed by atoms with Gasteiger partial charge in [0, 0.05) is 6.04 Å². The van der Waals surface area contributed by atoms with Gasteiger partial charge in [0.05, 0.1) is 21.7 Å². The van der Waals surface area contributed by atoms with Gasteiger partial charge in [0.1, 0.15) is 0 Å². The third-order valence-corrected chi connectivity index (χ3v) is 3.81. The molecule has 2 rings (SSSR count). The first kappa shape index (κ1) is 13.2. The number of hydrogen-bond acceptors (Lipinski definition) is 2. The van der Waals surface area contributed by atoms with Crippen molar-refractivity contribution < 1.29 is 9.59 Å². The van der Waals surface area contributed by atoms with Crippen LogP contribution in [-0.2, 0) is 4.79 Å². The zero-order valence-electron chi connectivity index (χ0n) is 9.91. The van der Waals surface area contributed by atoms with Gasteiger partial charge in [-0.2, -0.15) is 0 Å². The van der Waals surface area contributed by atoms with Crippen molar-refractivity contribution in [3.8, 4) is 0 Å². The van der Waals surface area contributed by atoms with E-state index in [4.69, 9.17) is 23.2 Å². The van der Waals surface area contributed by atoms with Gasteiger partial charge in [-0.05, 0) is 25.1 Å². The van der Waals surface area contributed by atoms with Crippen molar-refractivity contribution in [1.82, 2.24) is 5.32 Å². The molecule has 0 radical (unpaired) electrons. The number of nitrogens with zero attached hydrogens (tertiary/aromatic N) is 1. The summed E-state index contributed by atoms with van der Waals surface area (Å²) in [5.41, 5.74) is 0.422. The number of anilines is 1. The van der Waals surface area contributed by atoms with Crippen molar-refractivity contribution in [2.45, 2.75) is 19.9 Å². The molecule has 0 saturated carbocycles. The highest BCUT2D eigenvalue weighted by atomic mass is 35.5. The molecule has 96 valence electrons. The summed E-state index contributed by atoms with van der Waals surface area (Å²) >= 11 is 11.7. The van der Waals surface area contributed by atoms with E-state index in [9.17, 15) is 9.59 Å². The van der Waals surface area contributed by atoms with Crippen molar-refractivity contribution in [2.75, 3.05) is 4.90 Å². The minimum atomic E-state index is -0.441. The third-order valence-electron chi connectivity index (χ3n) is 3.08. The summed E-state index contributed by atoms with van der Waals surface area (Å²) in [6, 6.07) is 4.04. The highest BCUT2D eigenvalue weighted by Crippen LogP contribution is 2.29. The number of carbonyl (C=O) groups excluding carboxylic acids is 2. The maximum atomic E-state index is 12.1. The van der Waals surface area contributed by atoms with Crippen molar-refractivity contribution >= 4 is 40.8 Å². The number of halogens is 2. The normalized spacial score (nSPS) is 24.1. The lowest BCUT2D eigenvalue weighted by atomic mass is 9.99. The fraction of sp³-hybridized carbons (Fsp3) is 0.333. The lowest BCUT2D eigenvalue weighted by Gasteiger charge is -2.34. The second kappa shape index (κ2) is 4.78. The van der Waals surface area contributed by atoms with Crippen LogP contribution in [0.4, 0.5) is 10.5 Å². The Labute approximate surface area is 115 Å². The molecule has 4 nitrogen and oxygen atoms in total. The standard InChI is InChI=1S/C12H12Cl2N2O2/c1-6-7(2)15-12(18)16(11(6)17)8-3-4-9(13)10(14)5-8/h3-7H,1-2H3,(H,15,18). The molecule has 2 atom stereocenters. The molecule has 0 bridgehead atoms. The van der Waals surface area contributed by atoms with E-state index >= 15 is 0 Å². The molecule has 0 aliphatic carbocycles. The van der Waals surface area contributed by atoms with E-state index in [1.165, 1.54) is 6.07 Å². The summed E-state index contributed by atoms with van der Waals surface area (Å²) in [6.45, 7) is 3.57. The predicted octanol–water partition coefficient (Wildman–Crippen LogP) is 3.07. The molecular formula is C12H12Cl2N2O2. The quantitative estimate of drug-likeness (QED) is 0.863. The zero-order chi connectivity index (χ0) is 13.4. The number of hydrogen-bond donors (Lipinski definition) is 1. The molecule has 1 aromatic rings. The molecule has 1 N–H and O–H groups in total. The van der Waals surface area contributed by atoms with Crippen LogP contribution in [0.25, 0.3) is 0 Å². The average Bonchev–Trinajstić information content (AvgIpc) is 2.31. The summed E-state index contributed by atoms with van der Waals surface area (Å²) in [5, 5.41) is 3.42. The smallest absolute Gasteiger partial charge is 0.328 e. The first-order chi connectivity index (χ1) is 8.41. The van der Waals surface area contributed by atoms with Crippen LogP contribution in [0.15, 0.2) is 18.2 Å². The topological polar surface area (TPSA) is 49.4 Å². The maximum Gasteiger partial charge on any atom is 0.328 e. The highest BCUT2D eigenvalue weighted by molar-refractivity contribution is 6.42. The molecule has 1 aliphatic heterocycles. The van der Waals surface area contributed by atoms with Gasteiger partial charge in [0.15, 0.2) is 0 Å². The molecule has 1 aromatic carbocycles. The molecule has 6 heteroatoms. The molecule has 3 amide bonds. The summed E-state index contributed by atoms with van der Waals surface area (Å²) in [6.07, 6.45) is 0. The number of rotatable bonds is 1. The zero-order valence-corrected chi connectivity index (χ0v) is 11.4. The fourth-order valence-corrected chi connectivity index (χ4v) is 2.06. The first-order valence-electron chi connectivity index (χ1n) is 5.51. The van der Waals surface area contributed by atoms with Gasteiger partial charge >= 0.3 is 6.03 Å². The van der Waals surface area contributed by atoms with Gasteiger partial charge in [-0.25, -0.2) is 9.69 Å². The number of urea groups is 1. The molecule has 18 heavy (non-hydrogen) atoms. The highest BCUT2D eigenvalue weighted by Gasteiger charge is 2.37. The number of amides is 3. The molecule has 1 heterocycles. The van der Waals surface area contributed by atoms with E-state index in [1.807, 2.05) is 0 Å². The van der Waals surface area contributed by atoms with Gasteiger partial charge in [0.2, 0.25) is 5.91 Å². The monoisotopic (exact) mass is 286 g/mol. The molecule has 1 fully saturated rings. The van der Waals surface area contributed by atoms with Crippen LogP contribution in [0.2, 0.25) is 10.0 Å². The second-order valence-corrected chi connectivity index (χ2v) is 5.11. The molecule has 1 saturated heterocycles. The summed E-state index contributed by atoms with van der Waals surface area (Å²) in [7, 11) is 0. The van der Waals surface area contributed by atoms with Gasteiger partial charge < -0.3 is 5.32 Å². The van der Waals surface area contributed by atoms with Crippen LogP contribution in [0.5, 0.6) is 0 Å².